The van der Waals surface area contributed by atoms with Crippen LogP contribution in [0.5, 0.6) is 0 Å². The molecule has 1 aromatic carbocycles. The molecule has 4 nitrogen and oxygen atoms in total. The standard InChI is InChI=1S/C17H27NO3/c1-3-12-18-16(17(19)20-2)11-14-21-13-7-10-15-8-5-4-6-9-15/h4-6,8-9,16,18H,3,7,10-14H2,1-2H3. The Bertz CT molecular complexity index is 381. The Balaban J connectivity index is 2.11. The number of aryl methyl sites for hydroxylation is 1. The Kier molecular flexibility index (Phi) is 9.49. The third kappa shape index (κ3) is 7.83. The van der Waals surface area contributed by atoms with Gasteiger partial charge in [0.2, 0.25) is 0 Å². The fourth-order valence-electron chi connectivity index (χ4n) is 2.09. The third-order valence-corrected chi connectivity index (χ3v) is 3.27. The van der Waals surface area contributed by atoms with Crippen LogP contribution in [0, 0.1) is 0 Å². The van der Waals surface area contributed by atoms with Crippen molar-refractivity contribution in [2.45, 2.75) is 38.6 Å². The van der Waals surface area contributed by atoms with E-state index in [9.17, 15) is 4.79 Å². The molecule has 0 radical (unpaired) electrons. The molecule has 0 aromatic heterocycles. The number of hydrogen-bond donors (Lipinski definition) is 1. The maximum Gasteiger partial charge on any atom is 0.322 e. The van der Waals surface area contributed by atoms with E-state index in [4.69, 9.17) is 9.47 Å². The third-order valence-electron chi connectivity index (χ3n) is 3.27. The minimum atomic E-state index is -0.260. The van der Waals surface area contributed by atoms with Gasteiger partial charge in [0.15, 0.2) is 0 Å². The minimum Gasteiger partial charge on any atom is -0.468 e. The summed E-state index contributed by atoms with van der Waals surface area (Å²) in [5, 5.41) is 3.18. The largest absolute Gasteiger partial charge is 0.468 e. The van der Waals surface area contributed by atoms with E-state index in [1.54, 1.807) is 0 Å². The van der Waals surface area contributed by atoms with Gasteiger partial charge in [0.1, 0.15) is 6.04 Å². The molecule has 0 saturated carbocycles. The van der Waals surface area contributed by atoms with Crippen LogP contribution in [0.4, 0.5) is 0 Å². The highest BCUT2D eigenvalue weighted by Crippen LogP contribution is 2.03. The lowest BCUT2D eigenvalue weighted by atomic mass is 10.1. The molecule has 0 saturated heterocycles. The van der Waals surface area contributed by atoms with E-state index in [1.807, 2.05) is 6.07 Å². The zero-order valence-corrected chi connectivity index (χ0v) is 13.1. The number of carbonyl (C=O) groups is 1. The predicted octanol–water partition coefficient (Wildman–Crippen LogP) is 2.57. The molecule has 1 N–H and O–H groups in total. The van der Waals surface area contributed by atoms with Crippen molar-refractivity contribution in [1.29, 1.82) is 0 Å². The first-order valence-electron chi connectivity index (χ1n) is 7.70. The summed E-state index contributed by atoms with van der Waals surface area (Å²) in [5.74, 6) is -0.212. The summed E-state index contributed by atoms with van der Waals surface area (Å²) in [6.45, 7) is 4.18. The monoisotopic (exact) mass is 293 g/mol. The predicted molar refractivity (Wildman–Crippen MR) is 84.3 cm³/mol. The highest BCUT2D eigenvalue weighted by atomic mass is 16.5. The Morgan fingerprint density at radius 2 is 2.00 bits per heavy atom. The number of rotatable bonds is 11. The van der Waals surface area contributed by atoms with E-state index in [0.717, 1.165) is 32.4 Å². The summed E-state index contributed by atoms with van der Waals surface area (Å²) in [7, 11) is 1.42. The minimum absolute atomic E-state index is 0.212. The maximum atomic E-state index is 11.6. The summed E-state index contributed by atoms with van der Waals surface area (Å²) in [4.78, 5) is 11.6. The van der Waals surface area contributed by atoms with Crippen LogP contribution in [-0.4, -0.2) is 38.9 Å². The van der Waals surface area contributed by atoms with Crippen molar-refractivity contribution in [3.8, 4) is 0 Å². The second kappa shape index (κ2) is 11.3. The SMILES string of the molecule is CCCNC(CCOCCCc1ccccc1)C(=O)OC. The number of hydrogen-bond acceptors (Lipinski definition) is 4. The lowest BCUT2D eigenvalue weighted by molar-refractivity contribution is -0.143. The first-order valence-corrected chi connectivity index (χ1v) is 7.70. The van der Waals surface area contributed by atoms with E-state index in [0.29, 0.717) is 13.0 Å². The van der Waals surface area contributed by atoms with Crippen LogP contribution in [-0.2, 0) is 20.7 Å². The van der Waals surface area contributed by atoms with Gasteiger partial charge in [0.25, 0.3) is 0 Å². The molecule has 0 amide bonds. The lowest BCUT2D eigenvalue weighted by Crippen LogP contribution is -2.39. The number of methoxy groups -OCH3 is 1. The van der Waals surface area contributed by atoms with E-state index >= 15 is 0 Å². The quantitative estimate of drug-likeness (QED) is 0.503. The number of benzene rings is 1. The maximum absolute atomic E-state index is 11.6. The van der Waals surface area contributed by atoms with Crippen molar-refractivity contribution < 1.29 is 14.3 Å². The van der Waals surface area contributed by atoms with Gasteiger partial charge in [0, 0.05) is 13.2 Å². The average Bonchev–Trinajstić information content (AvgIpc) is 2.53. The van der Waals surface area contributed by atoms with Gasteiger partial charge >= 0.3 is 5.97 Å². The molecule has 1 aromatic rings. The molecule has 0 heterocycles. The first kappa shape index (κ1) is 17.7. The van der Waals surface area contributed by atoms with Gasteiger partial charge in [-0.3, -0.25) is 4.79 Å². The molecule has 1 atom stereocenters. The van der Waals surface area contributed by atoms with Gasteiger partial charge in [0.05, 0.1) is 7.11 Å². The van der Waals surface area contributed by atoms with Gasteiger partial charge in [-0.15, -0.1) is 0 Å². The van der Waals surface area contributed by atoms with Gasteiger partial charge in [-0.2, -0.15) is 0 Å². The van der Waals surface area contributed by atoms with Crippen LogP contribution in [0.1, 0.15) is 31.7 Å². The molecule has 0 aliphatic carbocycles. The number of carbonyl (C=O) groups excluding carboxylic acids is 1. The van der Waals surface area contributed by atoms with Crippen LogP contribution in [0.25, 0.3) is 0 Å². The van der Waals surface area contributed by atoms with Crippen LogP contribution >= 0.6 is 0 Å². The fraction of sp³-hybridized carbons (Fsp3) is 0.588. The first-order chi connectivity index (χ1) is 10.3. The molecule has 118 valence electrons. The van der Waals surface area contributed by atoms with E-state index in [1.165, 1.54) is 12.7 Å². The Labute approximate surface area is 127 Å². The van der Waals surface area contributed by atoms with Crippen molar-refractivity contribution in [3.63, 3.8) is 0 Å². The van der Waals surface area contributed by atoms with Crippen LogP contribution in [0.15, 0.2) is 30.3 Å². The molecule has 0 aliphatic heterocycles. The molecule has 0 fully saturated rings. The van der Waals surface area contributed by atoms with Crippen LogP contribution < -0.4 is 5.32 Å². The molecule has 0 bridgehead atoms. The zero-order valence-electron chi connectivity index (χ0n) is 13.1. The Morgan fingerprint density at radius 3 is 2.67 bits per heavy atom. The fourth-order valence-corrected chi connectivity index (χ4v) is 2.09. The number of nitrogens with one attached hydrogen (secondary N) is 1. The second-order valence-electron chi connectivity index (χ2n) is 5.02. The average molecular weight is 293 g/mol. The van der Waals surface area contributed by atoms with Crippen molar-refractivity contribution in [2.24, 2.45) is 0 Å². The van der Waals surface area contributed by atoms with Crippen molar-refractivity contribution in [1.82, 2.24) is 5.32 Å². The van der Waals surface area contributed by atoms with Crippen molar-refractivity contribution in [3.05, 3.63) is 35.9 Å². The summed E-state index contributed by atoms with van der Waals surface area (Å²) < 4.78 is 10.4. The summed E-state index contributed by atoms with van der Waals surface area (Å²) in [5.41, 5.74) is 1.33. The zero-order chi connectivity index (χ0) is 15.3. The van der Waals surface area contributed by atoms with Crippen LogP contribution in [0.3, 0.4) is 0 Å². The molecule has 0 aliphatic rings. The highest BCUT2D eigenvalue weighted by molar-refractivity contribution is 5.75. The summed E-state index contributed by atoms with van der Waals surface area (Å²) >= 11 is 0. The van der Waals surface area contributed by atoms with E-state index < -0.39 is 0 Å². The smallest absolute Gasteiger partial charge is 0.322 e. The van der Waals surface area contributed by atoms with Crippen molar-refractivity contribution in [2.75, 3.05) is 26.9 Å². The van der Waals surface area contributed by atoms with Crippen molar-refractivity contribution >= 4 is 5.97 Å². The molecule has 1 rings (SSSR count). The second-order valence-corrected chi connectivity index (χ2v) is 5.02. The Hall–Kier alpha value is -1.39. The van der Waals surface area contributed by atoms with E-state index in [2.05, 4.69) is 36.5 Å². The summed E-state index contributed by atoms with van der Waals surface area (Å²) in [6.07, 6.45) is 3.66. The molecule has 1 unspecified atom stereocenters. The molecular formula is C17H27NO3. The van der Waals surface area contributed by atoms with E-state index in [-0.39, 0.29) is 12.0 Å². The lowest BCUT2D eigenvalue weighted by Gasteiger charge is -2.16. The molecule has 0 spiro atoms. The molecule has 4 heteroatoms. The van der Waals surface area contributed by atoms with Gasteiger partial charge in [-0.05, 0) is 37.8 Å². The van der Waals surface area contributed by atoms with Crippen LogP contribution in [0.2, 0.25) is 0 Å². The highest BCUT2D eigenvalue weighted by Gasteiger charge is 2.17. The van der Waals surface area contributed by atoms with Gasteiger partial charge in [-0.25, -0.2) is 0 Å². The van der Waals surface area contributed by atoms with Gasteiger partial charge < -0.3 is 14.8 Å². The topological polar surface area (TPSA) is 47.6 Å². The van der Waals surface area contributed by atoms with Gasteiger partial charge in [-0.1, -0.05) is 37.3 Å². The number of ether oxygens (including phenoxy) is 2. The number of esters is 1. The molecular weight excluding hydrogens is 266 g/mol. The Morgan fingerprint density at radius 1 is 1.24 bits per heavy atom. The normalized spacial score (nSPS) is 12.1. The molecule has 21 heavy (non-hydrogen) atoms. The summed E-state index contributed by atoms with van der Waals surface area (Å²) in [6, 6.07) is 10.1.